The van der Waals surface area contributed by atoms with Crippen LogP contribution in [0.3, 0.4) is 0 Å². The van der Waals surface area contributed by atoms with Gasteiger partial charge in [0.15, 0.2) is 5.69 Å². The van der Waals surface area contributed by atoms with Crippen LogP contribution in [0.25, 0.3) is 10.9 Å². The summed E-state index contributed by atoms with van der Waals surface area (Å²) in [4.78, 5) is 33.4. The number of aryl methyl sites for hydroxylation is 1. The lowest BCUT2D eigenvalue weighted by molar-refractivity contribution is -0.140. The van der Waals surface area contributed by atoms with Crippen LogP contribution < -0.4 is 10.2 Å². The van der Waals surface area contributed by atoms with Gasteiger partial charge in [0.1, 0.15) is 11.4 Å². The number of rotatable bonds is 5. The van der Waals surface area contributed by atoms with Crippen molar-refractivity contribution < 1.29 is 22.8 Å². The molecule has 1 saturated heterocycles. The highest BCUT2D eigenvalue weighted by atomic mass is 19.4. The molecule has 0 radical (unpaired) electrons. The summed E-state index contributed by atoms with van der Waals surface area (Å²) >= 11 is 0. The molecule has 0 unspecified atom stereocenters. The predicted octanol–water partition coefficient (Wildman–Crippen LogP) is 4.55. The summed E-state index contributed by atoms with van der Waals surface area (Å²) in [6, 6.07) is 7.16. The number of hydrogen-bond donors (Lipinski definition) is 1. The average Bonchev–Trinajstić information content (AvgIpc) is 3.15. The fourth-order valence-electron chi connectivity index (χ4n) is 4.05. The Morgan fingerprint density at radius 3 is 2.47 bits per heavy atom. The van der Waals surface area contributed by atoms with Crippen molar-refractivity contribution in [3.8, 4) is 0 Å². The minimum Gasteiger partial charge on any atom is -0.368 e. The number of aromatic nitrogens is 3. The van der Waals surface area contributed by atoms with Crippen LogP contribution in [0.1, 0.15) is 39.0 Å². The highest BCUT2D eigenvalue weighted by Gasteiger charge is 2.52. The molecule has 1 fully saturated rings. The van der Waals surface area contributed by atoms with Crippen LogP contribution in [0.5, 0.6) is 0 Å². The monoisotopic (exact) mass is 474 g/mol. The Labute approximate surface area is 194 Å². The van der Waals surface area contributed by atoms with Gasteiger partial charge in [0.05, 0.1) is 11.2 Å². The van der Waals surface area contributed by atoms with Crippen LogP contribution in [0.15, 0.2) is 36.5 Å². The van der Waals surface area contributed by atoms with Crippen LogP contribution in [0.2, 0.25) is 0 Å². The first-order chi connectivity index (χ1) is 15.8. The normalized spacial score (nSPS) is 16.3. The van der Waals surface area contributed by atoms with Gasteiger partial charge in [-0.1, -0.05) is 0 Å². The number of benzene rings is 1. The van der Waals surface area contributed by atoms with Crippen molar-refractivity contribution in [2.45, 2.75) is 52.0 Å². The topological polar surface area (TPSA) is 83.4 Å². The molecule has 1 N–H and O–H groups in total. The van der Waals surface area contributed by atoms with Crippen molar-refractivity contribution >= 4 is 34.3 Å². The number of halogens is 3. The minimum atomic E-state index is -4.62. The molecule has 0 spiro atoms. The molecule has 3 aromatic rings. The molecule has 0 bridgehead atoms. The zero-order valence-corrected chi connectivity index (χ0v) is 19.4. The maximum absolute atomic E-state index is 13.4. The number of hydrogen-bond acceptors (Lipinski definition) is 5. The van der Waals surface area contributed by atoms with E-state index in [-0.39, 0.29) is 29.2 Å². The van der Waals surface area contributed by atoms with Crippen molar-refractivity contribution in [3.63, 3.8) is 0 Å². The van der Waals surface area contributed by atoms with Crippen molar-refractivity contribution in [1.82, 2.24) is 19.7 Å². The summed E-state index contributed by atoms with van der Waals surface area (Å²) in [5.74, 6) is 0.187. The van der Waals surface area contributed by atoms with Gasteiger partial charge >= 0.3 is 12.2 Å². The van der Waals surface area contributed by atoms with E-state index in [0.717, 1.165) is 15.1 Å². The maximum Gasteiger partial charge on any atom is 0.435 e. The number of amides is 3. The number of imide groups is 1. The maximum atomic E-state index is 13.4. The lowest BCUT2D eigenvalue weighted by Gasteiger charge is -2.27. The molecule has 1 aliphatic heterocycles. The lowest BCUT2D eigenvalue weighted by atomic mass is 10.0. The van der Waals surface area contributed by atoms with Gasteiger partial charge in [0.25, 0.3) is 5.91 Å². The van der Waals surface area contributed by atoms with Crippen LogP contribution >= 0.6 is 0 Å². The van der Waals surface area contributed by atoms with E-state index in [0.29, 0.717) is 5.82 Å². The standard InChI is InChI=1S/C23H25F3N6O2/c1-13(2)28-18-10-14(8-9-27-18)12-31-21(34)32(20(33)22(31,3)4)15-6-7-16-17(11-15)30(5)29-19(16)23(24,25)26/h6-11,13H,12H2,1-5H3,(H,27,28). The van der Waals surface area contributed by atoms with Gasteiger partial charge in [-0.2, -0.15) is 18.3 Å². The Kier molecular flexibility index (Phi) is 5.53. The number of nitrogens with zero attached hydrogens (tertiary/aromatic N) is 5. The predicted molar refractivity (Wildman–Crippen MR) is 121 cm³/mol. The molecule has 11 heteroatoms. The number of anilines is 2. The number of pyridine rings is 1. The fraction of sp³-hybridized carbons (Fsp3) is 0.391. The molecule has 180 valence electrons. The molecule has 0 aliphatic carbocycles. The molecule has 1 aliphatic rings. The molecular weight excluding hydrogens is 449 g/mol. The summed E-state index contributed by atoms with van der Waals surface area (Å²) < 4.78 is 41.0. The van der Waals surface area contributed by atoms with Gasteiger partial charge in [0, 0.05) is 31.2 Å². The van der Waals surface area contributed by atoms with Gasteiger partial charge < -0.3 is 10.2 Å². The highest BCUT2D eigenvalue weighted by molar-refractivity contribution is 6.23. The first-order valence-electron chi connectivity index (χ1n) is 10.7. The van der Waals surface area contributed by atoms with E-state index in [2.05, 4.69) is 15.4 Å². The van der Waals surface area contributed by atoms with Crippen molar-refractivity contribution in [2.75, 3.05) is 10.2 Å². The molecule has 2 aromatic heterocycles. The third-order valence-corrected chi connectivity index (χ3v) is 5.79. The van der Waals surface area contributed by atoms with E-state index in [9.17, 15) is 22.8 Å². The second kappa shape index (κ2) is 8.00. The number of nitrogens with one attached hydrogen (secondary N) is 1. The second-order valence-corrected chi connectivity index (χ2v) is 9.09. The van der Waals surface area contributed by atoms with E-state index in [1.54, 1.807) is 26.1 Å². The SMILES string of the molecule is CC(C)Nc1cc(CN2C(=O)N(c3ccc4c(C(F)(F)F)nn(C)c4c3)C(=O)C2(C)C)ccn1. The van der Waals surface area contributed by atoms with E-state index in [4.69, 9.17) is 0 Å². The number of carbonyl (C=O) groups excluding carboxylic acids is 2. The largest absolute Gasteiger partial charge is 0.435 e. The molecule has 1 aromatic carbocycles. The second-order valence-electron chi connectivity index (χ2n) is 9.09. The summed E-state index contributed by atoms with van der Waals surface area (Å²) in [5, 5.41) is 6.67. The zero-order valence-electron chi connectivity index (χ0n) is 19.4. The van der Waals surface area contributed by atoms with Crippen LogP contribution in [0.4, 0.5) is 29.5 Å². The van der Waals surface area contributed by atoms with E-state index in [1.807, 2.05) is 19.9 Å². The summed E-state index contributed by atoms with van der Waals surface area (Å²) in [6.45, 7) is 7.41. The third kappa shape index (κ3) is 3.95. The number of fused-ring (bicyclic) bond motifs is 1. The zero-order chi connectivity index (χ0) is 25.0. The molecule has 4 rings (SSSR count). The summed E-state index contributed by atoms with van der Waals surface area (Å²) in [5.41, 5.74) is -1.04. The third-order valence-electron chi connectivity index (χ3n) is 5.79. The Bertz CT molecular complexity index is 1280. The van der Waals surface area contributed by atoms with Gasteiger partial charge in [-0.15, -0.1) is 0 Å². The molecule has 34 heavy (non-hydrogen) atoms. The first kappa shape index (κ1) is 23.5. The fourth-order valence-corrected chi connectivity index (χ4v) is 4.05. The average molecular weight is 474 g/mol. The first-order valence-corrected chi connectivity index (χ1v) is 10.7. The van der Waals surface area contributed by atoms with Gasteiger partial charge in [-0.3, -0.25) is 9.48 Å². The van der Waals surface area contributed by atoms with Crippen molar-refractivity contribution in [3.05, 3.63) is 47.8 Å². The Morgan fingerprint density at radius 2 is 1.82 bits per heavy atom. The number of urea groups is 1. The molecule has 0 saturated carbocycles. The van der Waals surface area contributed by atoms with Gasteiger partial charge in [-0.05, 0) is 63.6 Å². The van der Waals surface area contributed by atoms with E-state index >= 15 is 0 Å². The van der Waals surface area contributed by atoms with Crippen molar-refractivity contribution in [2.24, 2.45) is 7.05 Å². The Morgan fingerprint density at radius 1 is 1.12 bits per heavy atom. The molecule has 3 amide bonds. The van der Waals surface area contributed by atoms with Crippen molar-refractivity contribution in [1.29, 1.82) is 0 Å². The van der Waals surface area contributed by atoms with Crippen LogP contribution in [-0.2, 0) is 24.6 Å². The lowest BCUT2D eigenvalue weighted by Crippen LogP contribution is -2.43. The molecule has 3 heterocycles. The van der Waals surface area contributed by atoms with Gasteiger partial charge in [0.2, 0.25) is 0 Å². The number of alkyl halides is 3. The highest BCUT2D eigenvalue weighted by Crippen LogP contribution is 2.38. The molecule has 8 nitrogen and oxygen atoms in total. The molecular formula is C23H25F3N6O2. The Balaban J connectivity index is 1.68. The summed E-state index contributed by atoms with van der Waals surface area (Å²) in [6.07, 6.45) is -2.99. The van der Waals surface area contributed by atoms with E-state index < -0.39 is 29.3 Å². The Hall–Kier alpha value is -3.63. The number of carbonyl (C=O) groups is 2. The van der Waals surface area contributed by atoms with Crippen LogP contribution in [0, 0.1) is 0 Å². The molecule has 0 atom stereocenters. The summed E-state index contributed by atoms with van der Waals surface area (Å²) in [7, 11) is 1.39. The smallest absolute Gasteiger partial charge is 0.368 e. The minimum absolute atomic E-state index is 0.101. The quantitative estimate of drug-likeness (QED) is 0.549. The van der Waals surface area contributed by atoms with Crippen LogP contribution in [-0.4, -0.2) is 43.2 Å². The van der Waals surface area contributed by atoms with E-state index in [1.165, 1.54) is 30.1 Å². The van der Waals surface area contributed by atoms with Gasteiger partial charge in [-0.25, -0.2) is 14.7 Å².